The van der Waals surface area contributed by atoms with E-state index in [-0.39, 0.29) is 0 Å². The van der Waals surface area contributed by atoms with Gasteiger partial charge in [0, 0.05) is 5.02 Å². The van der Waals surface area contributed by atoms with Gasteiger partial charge in [-0.15, -0.1) is 0 Å². The van der Waals surface area contributed by atoms with Crippen LogP contribution in [0.4, 0.5) is 0 Å². The fraction of sp³-hybridized carbons (Fsp3) is 0.500. The summed E-state index contributed by atoms with van der Waals surface area (Å²) in [5.74, 6) is 1.83. The molecule has 0 heterocycles. The van der Waals surface area contributed by atoms with Crippen molar-refractivity contribution in [2.24, 2.45) is 0 Å². The van der Waals surface area contributed by atoms with Gasteiger partial charge in [0.2, 0.25) is 0 Å². The van der Waals surface area contributed by atoms with E-state index in [1.54, 1.807) is 0 Å². The summed E-state index contributed by atoms with van der Waals surface area (Å²) in [6.45, 7) is 2.84. The molecule has 1 aromatic carbocycles. The Bertz CT molecular complexity index is 302. The Morgan fingerprint density at radius 1 is 1.33 bits per heavy atom. The second-order valence-electron chi connectivity index (χ2n) is 3.39. The van der Waals surface area contributed by atoms with Crippen molar-refractivity contribution in [3.05, 3.63) is 28.8 Å². The number of benzene rings is 1. The number of hydrogen-bond acceptors (Lipinski definition) is 2. The van der Waals surface area contributed by atoms with Crippen molar-refractivity contribution in [3.63, 3.8) is 0 Å². The van der Waals surface area contributed by atoms with Crippen molar-refractivity contribution in [2.75, 3.05) is 12.4 Å². The first-order valence-electron chi connectivity index (χ1n) is 5.30. The first-order chi connectivity index (χ1) is 7.27. The molecule has 0 unspecified atom stereocenters. The molecule has 0 atom stereocenters. The summed E-state index contributed by atoms with van der Waals surface area (Å²) in [6, 6.07) is 5.83. The monoisotopic (exact) mass is 244 g/mol. The Labute approximate surface area is 102 Å². The highest BCUT2D eigenvalue weighted by atomic mass is 35.5. The van der Waals surface area contributed by atoms with Crippen LogP contribution in [0.15, 0.2) is 18.2 Å². The van der Waals surface area contributed by atoms with Crippen molar-refractivity contribution in [1.82, 2.24) is 0 Å². The smallest absolute Gasteiger partial charge is 0.119 e. The molecule has 0 N–H and O–H groups in total. The number of halogens is 1. The largest absolute Gasteiger partial charge is 0.494 e. The molecule has 0 aromatic heterocycles. The van der Waals surface area contributed by atoms with Crippen LogP contribution >= 0.6 is 24.2 Å². The molecular weight excluding hydrogens is 228 g/mol. The summed E-state index contributed by atoms with van der Waals surface area (Å²) >= 11 is 10.2. The van der Waals surface area contributed by atoms with E-state index >= 15 is 0 Å². The van der Waals surface area contributed by atoms with Gasteiger partial charge < -0.3 is 4.74 Å². The molecule has 0 amide bonds. The highest BCUT2D eigenvalue weighted by molar-refractivity contribution is 7.80. The Balaban J connectivity index is 2.47. The average molecular weight is 245 g/mol. The molecule has 0 saturated heterocycles. The van der Waals surface area contributed by atoms with Gasteiger partial charge in [-0.2, -0.15) is 12.6 Å². The Hall–Kier alpha value is -0.340. The maximum absolute atomic E-state index is 6.01. The number of unbranched alkanes of at least 4 members (excludes halogenated alkanes) is 1. The molecule has 84 valence electrons. The van der Waals surface area contributed by atoms with Crippen LogP contribution in [0.25, 0.3) is 0 Å². The lowest BCUT2D eigenvalue weighted by Gasteiger charge is -2.08. The minimum absolute atomic E-state index is 0.755. The summed E-state index contributed by atoms with van der Waals surface area (Å²) in [6.07, 6.45) is 3.08. The summed E-state index contributed by atoms with van der Waals surface area (Å²) in [5.41, 5.74) is 1.14. The van der Waals surface area contributed by atoms with Gasteiger partial charge in [0.25, 0.3) is 0 Å². The summed E-state index contributed by atoms with van der Waals surface area (Å²) in [7, 11) is 0. The Kier molecular flexibility index (Phi) is 5.96. The maximum atomic E-state index is 6.01. The third-order valence-corrected chi connectivity index (χ3v) is 2.90. The van der Waals surface area contributed by atoms with Crippen LogP contribution in [-0.2, 0) is 6.42 Å². The van der Waals surface area contributed by atoms with Crippen molar-refractivity contribution in [1.29, 1.82) is 0 Å². The van der Waals surface area contributed by atoms with Crippen LogP contribution in [0.3, 0.4) is 0 Å². The van der Waals surface area contributed by atoms with Crippen molar-refractivity contribution in [2.45, 2.75) is 26.2 Å². The van der Waals surface area contributed by atoms with Crippen LogP contribution in [0.5, 0.6) is 5.75 Å². The molecule has 0 aliphatic heterocycles. The molecule has 1 nitrogen and oxygen atoms in total. The van der Waals surface area contributed by atoms with Gasteiger partial charge in [0.1, 0.15) is 5.75 Å². The van der Waals surface area contributed by atoms with Crippen molar-refractivity contribution in [3.8, 4) is 5.75 Å². The first kappa shape index (κ1) is 12.7. The second-order valence-corrected chi connectivity index (χ2v) is 4.24. The van der Waals surface area contributed by atoms with E-state index in [0.29, 0.717) is 0 Å². The molecule has 0 aliphatic carbocycles. The lowest BCUT2D eigenvalue weighted by atomic mass is 10.1. The van der Waals surface area contributed by atoms with Crippen molar-refractivity contribution < 1.29 is 4.74 Å². The normalized spacial score (nSPS) is 10.3. The molecule has 0 aliphatic rings. The summed E-state index contributed by atoms with van der Waals surface area (Å²) in [5, 5.41) is 0.820. The fourth-order valence-electron chi connectivity index (χ4n) is 1.32. The van der Waals surface area contributed by atoms with E-state index in [1.807, 2.05) is 18.2 Å². The van der Waals surface area contributed by atoms with E-state index in [0.717, 1.165) is 48.0 Å². The number of thiol groups is 1. The maximum Gasteiger partial charge on any atom is 0.119 e. The van der Waals surface area contributed by atoms with E-state index in [2.05, 4.69) is 19.6 Å². The molecule has 0 spiro atoms. The SMILES string of the molecule is CCc1cc(OCCCCS)ccc1Cl. The summed E-state index contributed by atoms with van der Waals surface area (Å²) in [4.78, 5) is 0. The molecule has 3 heteroatoms. The lowest BCUT2D eigenvalue weighted by molar-refractivity contribution is 0.309. The Morgan fingerprint density at radius 3 is 2.80 bits per heavy atom. The Morgan fingerprint density at radius 2 is 2.13 bits per heavy atom. The molecule has 0 radical (unpaired) electrons. The number of hydrogen-bond donors (Lipinski definition) is 1. The predicted molar refractivity (Wildman–Crippen MR) is 69.4 cm³/mol. The van der Waals surface area contributed by atoms with Gasteiger partial charge in [0.15, 0.2) is 0 Å². The molecular formula is C12H17ClOS. The molecule has 1 rings (SSSR count). The van der Waals surface area contributed by atoms with E-state index < -0.39 is 0 Å². The van der Waals surface area contributed by atoms with E-state index in [1.165, 1.54) is 0 Å². The highest BCUT2D eigenvalue weighted by Gasteiger charge is 2.00. The number of rotatable bonds is 6. The van der Waals surface area contributed by atoms with Gasteiger partial charge in [-0.05, 0) is 48.8 Å². The molecule has 0 bridgehead atoms. The van der Waals surface area contributed by atoms with Gasteiger partial charge in [-0.1, -0.05) is 18.5 Å². The van der Waals surface area contributed by atoms with Gasteiger partial charge in [0.05, 0.1) is 6.61 Å². The van der Waals surface area contributed by atoms with Crippen molar-refractivity contribution >= 4 is 24.2 Å². The lowest BCUT2D eigenvalue weighted by Crippen LogP contribution is -1.98. The van der Waals surface area contributed by atoms with E-state index in [4.69, 9.17) is 16.3 Å². The standard InChI is InChI=1S/C12H17ClOS/c1-2-10-9-11(5-6-12(10)13)14-7-3-4-8-15/h5-6,9,15H,2-4,7-8H2,1H3. The van der Waals surface area contributed by atoms with Crippen LogP contribution in [-0.4, -0.2) is 12.4 Å². The van der Waals surface area contributed by atoms with E-state index in [9.17, 15) is 0 Å². The quantitative estimate of drug-likeness (QED) is 0.588. The van der Waals surface area contributed by atoms with Gasteiger partial charge in [-0.3, -0.25) is 0 Å². The van der Waals surface area contributed by atoms with Crippen LogP contribution in [0.1, 0.15) is 25.3 Å². The molecule has 0 fully saturated rings. The van der Waals surface area contributed by atoms with Gasteiger partial charge >= 0.3 is 0 Å². The van der Waals surface area contributed by atoms with Crippen LogP contribution < -0.4 is 4.74 Å². The zero-order valence-corrected chi connectivity index (χ0v) is 10.7. The molecule has 1 aromatic rings. The number of ether oxygens (including phenoxy) is 1. The third-order valence-electron chi connectivity index (χ3n) is 2.22. The highest BCUT2D eigenvalue weighted by Crippen LogP contribution is 2.22. The number of aryl methyl sites for hydroxylation is 1. The molecule has 15 heavy (non-hydrogen) atoms. The zero-order valence-electron chi connectivity index (χ0n) is 9.00. The predicted octanol–water partition coefficient (Wildman–Crippen LogP) is 3.99. The second kappa shape index (κ2) is 7.02. The average Bonchev–Trinajstić information content (AvgIpc) is 2.26. The first-order valence-corrected chi connectivity index (χ1v) is 6.31. The fourth-order valence-corrected chi connectivity index (χ4v) is 1.79. The molecule has 0 saturated carbocycles. The summed E-state index contributed by atoms with van der Waals surface area (Å²) < 4.78 is 5.61. The van der Waals surface area contributed by atoms with Gasteiger partial charge in [-0.25, -0.2) is 0 Å². The van der Waals surface area contributed by atoms with Crippen LogP contribution in [0, 0.1) is 0 Å². The topological polar surface area (TPSA) is 9.23 Å². The van der Waals surface area contributed by atoms with Crippen LogP contribution in [0.2, 0.25) is 5.02 Å². The minimum Gasteiger partial charge on any atom is -0.494 e. The third kappa shape index (κ3) is 4.35. The minimum atomic E-state index is 0.755. The zero-order chi connectivity index (χ0) is 11.1.